The van der Waals surface area contributed by atoms with Crippen LogP contribution in [0.3, 0.4) is 0 Å². The Bertz CT molecular complexity index is 609. The fourth-order valence-electron chi connectivity index (χ4n) is 1.32. The topological polar surface area (TPSA) is 59.8 Å². The molecule has 0 bridgehead atoms. The van der Waals surface area contributed by atoms with Crippen LogP contribution in [0.2, 0.25) is 0 Å². The molecule has 0 unspecified atom stereocenters. The molecule has 1 N–H and O–H groups in total. The summed E-state index contributed by atoms with van der Waals surface area (Å²) in [6.45, 7) is 3.28. The highest BCUT2D eigenvalue weighted by molar-refractivity contribution is 5.97. The maximum atomic E-state index is 13.6. The fourth-order valence-corrected chi connectivity index (χ4v) is 1.32. The lowest BCUT2D eigenvalue weighted by Crippen LogP contribution is -2.13. The van der Waals surface area contributed by atoms with Gasteiger partial charge in [-0.05, 0) is 18.2 Å². The number of hydrogen-bond acceptors (Lipinski definition) is 3. The number of halogens is 2. The average molecular weight is 250 g/mol. The number of aromatic nitrogens is 3. The van der Waals surface area contributed by atoms with Gasteiger partial charge in [-0.25, -0.2) is 8.78 Å². The largest absolute Gasteiger partial charge is 0.291 e. The molecule has 0 aliphatic heterocycles. The van der Waals surface area contributed by atoms with Crippen molar-refractivity contribution in [2.45, 2.75) is 0 Å². The molecule has 18 heavy (non-hydrogen) atoms. The van der Waals surface area contributed by atoms with Crippen LogP contribution in [0, 0.1) is 11.6 Å². The van der Waals surface area contributed by atoms with Crippen molar-refractivity contribution in [3.8, 4) is 5.69 Å². The molecule has 1 aromatic heterocycles. The summed E-state index contributed by atoms with van der Waals surface area (Å²) in [7, 11) is 0. The Hall–Kier alpha value is -2.57. The maximum Gasteiger partial charge on any atom is 0.250 e. The van der Waals surface area contributed by atoms with Crippen LogP contribution >= 0.6 is 0 Å². The standard InChI is InChI=1S/C11H8F2N4O/c1-2-10(18)16-11-14-6-15-17(11)9-4-3-7(12)5-8(9)13/h2-6H,1H2,(H,14,15,16,18). The zero-order valence-corrected chi connectivity index (χ0v) is 9.10. The first-order valence-corrected chi connectivity index (χ1v) is 4.90. The van der Waals surface area contributed by atoms with Gasteiger partial charge in [0, 0.05) is 6.07 Å². The number of anilines is 1. The molecular formula is C11H8F2N4O. The minimum atomic E-state index is -0.811. The number of amides is 1. The van der Waals surface area contributed by atoms with Gasteiger partial charge >= 0.3 is 0 Å². The Labute approximate surface area is 101 Å². The van der Waals surface area contributed by atoms with Crippen molar-refractivity contribution >= 4 is 11.9 Å². The second-order valence-electron chi connectivity index (χ2n) is 3.28. The molecule has 0 radical (unpaired) electrons. The van der Waals surface area contributed by atoms with Crippen LogP contribution in [-0.2, 0) is 4.79 Å². The Balaban J connectivity index is 2.42. The van der Waals surface area contributed by atoms with Crippen molar-refractivity contribution in [1.82, 2.24) is 14.8 Å². The lowest BCUT2D eigenvalue weighted by atomic mass is 10.3. The summed E-state index contributed by atoms with van der Waals surface area (Å²) >= 11 is 0. The molecule has 0 aliphatic rings. The highest BCUT2D eigenvalue weighted by atomic mass is 19.1. The Kier molecular flexibility index (Phi) is 3.13. The quantitative estimate of drug-likeness (QED) is 0.843. The molecule has 1 aromatic carbocycles. The molecule has 2 rings (SSSR count). The van der Waals surface area contributed by atoms with E-state index in [4.69, 9.17) is 0 Å². The predicted octanol–water partition coefficient (Wildman–Crippen LogP) is 1.67. The minimum Gasteiger partial charge on any atom is -0.291 e. The summed E-state index contributed by atoms with van der Waals surface area (Å²) in [6.07, 6.45) is 2.18. The van der Waals surface area contributed by atoms with Crippen LogP contribution in [0.5, 0.6) is 0 Å². The van der Waals surface area contributed by atoms with Gasteiger partial charge < -0.3 is 0 Å². The number of nitrogens with zero attached hydrogens (tertiary/aromatic N) is 3. The lowest BCUT2D eigenvalue weighted by Gasteiger charge is -2.06. The Morgan fingerprint density at radius 2 is 2.22 bits per heavy atom. The van der Waals surface area contributed by atoms with Crippen LogP contribution in [-0.4, -0.2) is 20.7 Å². The van der Waals surface area contributed by atoms with E-state index >= 15 is 0 Å². The second kappa shape index (κ2) is 4.74. The van der Waals surface area contributed by atoms with Crippen LogP contribution in [0.25, 0.3) is 5.69 Å². The normalized spacial score (nSPS) is 10.1. The fraction of sp³-hybridized carbons (Fsp3) is 0. The monoisotopic (exact) mass is 250 g/mol. The minimum absolute atomic E-state index is 0.0189. The summed E-state index contributed by atoms with van der Waals surface area (Å²) in [4.78, 5) is 14.9. The van der Waals surface area contributed by atoms with Crippen molar-refractivity contribution in [1.29, 1.82) is 0 Å². The third-order valence-electron chi connectivity index (χ3n) is 2.11. The van der Waals surface area contributed by atoms with Gasteiger partial charge in [0.1, 0.15) is 17.8 Å². The second-order valence-corrected chi connectivity index (χ2v) is 3.28. The van der Waals surface area contributed by atoms with E-state index in [-0.39, 0.29) is 11.6 Å². The van der Waals surface area contributed by atoms with E-state index in [0.717, 1.165) is 29.2 Å². The zero-order valence-electron chi connectivity index (χ0n) is 9.10. The number of nitrogens with one attached hydrogen (secondary N) is 1. The van der Waals surface area contributed by atoms with Gasteiger partial charge in [0.15, 0.2) is 5.82 Å². The van der Waals surface area contributed by atoms with E-state index in [9.17, 15) is 13.6 Å². The van der Waals surface area contributed by atoms with Gasteiger partial charge in [-0.1, -0.05) is 6.58 Å². The van der Waals surface area contributed by atoms with E-state index in [2.05, 4.69) is 22.0 Å². The van der Waals surface area contributed by atoms with Gasteiger partial charge in [0.2, 0.25) is 11.9 Å². The Morgan fingerprint density at radius 1 is 1.44 bits per heavy atom. The molecule has 0 spiro atoms. The van der Waals surface area contributed by atoms with Crippen LogP contribution in [0.15, 0.2) is 37.2 Å². The SMILES string of the molecule is C=CC(=O)Nc1ncnn1-c1ccc(F)cc1F. The first kappa shape index (κ1) is 11.9. The maximum absolute atomic E-state index is 13.6. The zero-order chi connectivity index (χ0) is 13.1. The van der Waals surface area contributed by atoms with E-state index in [1.165, 1.54) is 6.07 Å². The van der Waals surface area contributed by atoms with Crippen LogP contribution in [0.1, 0.15) is 0 Å². The summed E-state index contributed by atoms with van der Waals surface area (Å²) < 4.78 is 27.4. The van der Waals surface area contributed by atoms with Crippen molar-refractivity contribution < 1.29 is 13.6 Å². The molecule has 1 heterocycles. The van der Waals surface area contributed by atoms with Gasteiger partial charge in [0.05, 0.1) is 0 Å². The molecule has 0 saturated heterocycles. The molecule has 0 atom stereocenters. The number of hydrogen-bond donors (Lipinski definition) is 1. The number of carbonyl (C=O) groups is 1. The van der Waals surface area contributed by atoms with Gasteiger partial charge in [-0.15, -0.1) is 0 Å². The van der Waals surface area contributed by atoms with Gasteiger partial charge in [0.25, 0.3) is 0 Å². The number of benzene rings is 1. The van der Waals surface area contributed by atoms with E-state index in [0.29, 0.717) is 0 Å². The van der Waals surface area contributed by atoms with Crippen LogP contribution in [0.4, 0.5) is 14.7 Å². The highest BCUT2D eigenvalue weighted by Gasteiger charge is 2.12. The summed E-state index contributed by atoms with van der Waals surface area (Å²) in [6, 6.07) is 3.00. The van der Waals surface area contributed by atoms with Crippen molar-refractivity contribution in [3.63, 3.8) is 0 Å². The van der Waals surface area contributed by atoms with Gasteiger partial charge in [-0.2, -0.15) is 14.8 Å². The van der Waals surface area contributed by atoms with Gasteiger partial charge in [-0.3, -0.25) is 10.1 Å². The molecule has 2 aromatic rings. The number of carbonyl (C=O) groups excluding carboxylic acids is 1. The van der Waals surface area contributed by atoms with Crippen molar-refractivity contribution in [3.05, 3.63) is 48.8 Å². The predicted molar refractivity (Wildman–Crippen MR) is 60.1 cm³/mol. The van der Waals surface area contributed by atoms with Crippen LogP contribution < -0.4 is 5.32 Å². The third-order valence-corrected chi connectivity index (χ3v) is 2.11. The Morgan fingerprint density at radius 3 is 2.89 bits per heavy atom. The summed E-state index contributed by atoms with van der Waals surface area (Å²) in [5.74, 6) is -2.00. The first-order chi connectivity index (χ1) is 8.61. The van der Waals surface area contributed by atoms with E-state index < -0.39 is 17.5 Å². The molecule has 92 valence electrons. The molecule has 1 amide bonds. The molecule has 0 aliphatic carbocycles. The molecule has 0 fully saturated rings. The van der Waals surface area contributed by atoms with E-state index in [1.807, 2.05) is 0 Å². The van der Waals surface area contributed by atoms with E-state index in [1.54, 1.807) is 0 Å². The smallest absolute Gasteiger partial charge is 0.250 e. The first-order valence-electron chi connectivity index (χ1n) is 4.90. The lowest BCUT2D eigenvalue weighted by molar-refractivity contribution is -0.111. The highest BCUT2D eigenvalue weighted by Crippen LogP contribution is 2.17. The number of rotatable bonds is 3. The van der Waals surface area contributed by atoms with Crippen molar-refractivity contribution in [2.24, 2.45) is 0 Å². The van der Waals surface area contributed by atoms with Crippen molar-refractivity contribution in [2.75, 3.05) is 5.32 Å². The molecule has 5 nitrogen and oxygen atoms in total. The molecule has 7 heteroatoms. The summed E-state index contributed by atoms with van der Waals surface area (Å²) in [5.41, 5.74) is -0.0201. The molecule has 0 saturated carbocycles. The average Bonchev–Trinajstić information content (AvgIpc) is 2.77. The third kappa shape index (κ3) is 2.24. The summed E-state index contributed by atoms with van der Waals surface area (Å²) in [5, 5.41) is 6.11. The molecular weight excluding hydrogens is 242 g/mol.